The Balaban J connectivity index is 0.971. The maximum Gasteiger partial charge on any atom is 0.273 e. The average molecular weight is 918 g/mol. The molecule has 0 aliphatic rings. The van der Waals surface area contributed by atoms with Crippen molar-refractivity contribution in [3.63, 3.8) is 0 Å². The Kier molecular flexibility index (Phi) is 16.8. The molecule has 0 aromatic heterocycles. The molecular formula is C49H44Cl2F2N8O4. The lowest BCUT2D eigenvalue weighted by molar-refractivity contribution is 0.0947. The van der Waals surface area contributed by atoms with Gasteiger partial charge in [-0.2, -0.15) is 10.2 Å². The fourth-order valence-electron chi connectivity index (χ4n) is 6.65. The van der Waals surface area contributed by atoms with Crippen LogP contribution in [-0.2, 0) is 13.1 Å². The third-order valence-electron chi connectivity index (χ3n) is 9.77. The van der Waals surface area contributed by atoms with E-state index in [2.05, 4.69) is 41.5 Å². The van der Waals surface area contributed by atoms with Gasteiger partial charge < -0.3 is 20.4 Å². The first-order valence-electron chi connectivity index (χ1n) is 20.2. The van der Waals surface area contributed by atoms with Crippen molar-refractivity contribution in [3.05, 3.63) is 200 Å². The standard InChI is InChI=1S/C49H44Cl2F2N8O4/c1-60(30-34-10-3-12-36(22-34)46(62)56-44-18-16-38(50)26-42(44)48(64)58-54-28-32-8-5-14-40(52)24-32)20-7-21-61(2)31-35-11-4-13-37(23-35)47(63)57-45-19-17-39(51)27-43(45)49(65)59-55-29-33-9-6-15-41(53)25-33/h3-6,8-19,22-29H,7,20-21,30-31H2,1-2H3,(H,56,62)(H,57,63)(H,58,64)(H,59,65). The largest absolute Gasteiger partial charge is 0.321 e. The van der Waals surface area contributed by atoms with Crippen molar-refractivity contribution < 1.29 is 28.0 Å². The highest BCUT2D eigenvalue weighted by Crippen LogP contribution is 2.24. The molecule has 6 rings (SSSR count). The number of hydrazone groups is 2. The first kappa shape index (κ1) is 47.4. The molecule has 0 aliphatic heterocycles. The van der Waals surface area contributed by atoms with E-state index in [1.54, 1.807) is 60.7 Å². The Labute approximate surface area is 384 Å². The SMILES string of the molecule is CN(CCCN(C)Cc1cccc(C(=O)Nc2ccc(Cl)cc2C(=O)NN=Cc2cccc(F)c2)c1)Cc1cccc(C(=O)Nc2ccc(Cl)cc2C(=O)NN=Cc2cccc(F)c2)c1. The van der Waals surface area contributed by atoms with Crippen molar-refractivity contribution in [3.8, 4) is 0 Å². The van der Waals surface area contributed by atoms with E-state index in [-0.39, 0.29) is 32.5 Å². The summed E-state index contributed by atoms with van der Waals surface area (Å²) in [5, 5.41) is 14.0. The molecule has 0 saturated heterocycles. The third-order valence-corrected chi connectivity index (χ3v) is 10.2. The Morgan fingerprint density at radius 1 is 0.538 bits per heavy atom. The number of hydrogen-bond donors (Lipinski definition) is 4. The molecule has 6 aromatic rings. The maximum atomic E-state index is 13.5. The minimum atomic E-state index is -0.616. The lowest BCUT2D eigenvalue weighted by Gasteiger charge is -2.21. The molecule has 0 unspecified atom stereocenters. The number of benzene rings is 6. The van der Waals surface area contributed by atoms with Crippen LogP contribution in [0.5, 0.6) is 0 Å². The molecule has 4 N–H and O–H groups in total. The van der Waals surface area contributed by atoms with E-state index in [1.165, 1.54) is 73.1 Å². The van der Waals surface area contributed by atoms with Crippen molar-refractivity contribution >= 4 is 70.6 Å². The minimum absolute atomic E-state index is 0.0978. The van der Waals surface area contributed by atoms with Gasteiger partial charge in [0.2, 0.25) is 0 Å². The highest BCUT2D eigenvalue weighted by atomic mass is 35.5. The van der Waals surface area contributed by atoms with Crippen molar-refractivity contribution in [1.29, 1.82) is 0 Å². The minimum Gasteiger partial charge on any atom is -0.321 e. The summed E-state index contributed by atoms with van der Waals surface area (Å²) in [5.41, 5.74) is 9.02. The molecule has 4 amide bonds. The molecule has 0 bridgehead atoms. The van der Waals surface area contributed by atoms with Crippen LogP contribution in [0.1, 0.15) is 70.1 Å². The van der Waals surface area contributed by atoms with Crippen molar-refractivity contribution in [2.24, 2.45) is 10.2 Å². The summed E-state index contributed by atoms with van der Waals surface area (Å²) in [6.45, 7) is 2.70. The molecule has 6 aromatic carbocycles. The highest BCUT2D eigenvalue weighted by Gasteiger charge is 2.18. The summed E-state index contributed by atoms with van der Waals surface area (Å²) in [6.07, 6.45) is 3.45. The average Bonchev–Trinajstić information content (AvgIpc) is 3.27. The van der Waals surface area contributed by atoms with Gasteiger partial charge in [0.15, 0.2) is 0 Å². The summed E-state index contributed by atoms with van der Waals surface area (Å²) in [6, 6.07) is 35.0. The molecule has 65 heavy (non-hydrogen) atoms. The van der Waals surface area contributed by atoms with E-state index in [0.717, 1.165) is 30.6 Å². The van der Waals surface area contributed by atoms with Crippen molar-refractivity contribution in [1.82, 2.24) is 20.7 Å². The highest BCUT2D eigenvalue weighted by molar-refractivity contribution is 6.31. The number of amides is 4. The van der Waals surface area contributed by atoms with Crippen LogP contribution in [0.15, 0.2) is 144 Å². The summed E-state index contributed by atoms with van der Waals surface area (Å²) >= 11 is 12.4. The molecule has 12 nitrogen and oxygen atoms in total. The van der Waals surface area contributed by atoms with Crippen LogP contribution in [0.25, 0.3) is 0 Å². The van der Waals surface area contributed by atoms with E-state index >= 15 is 0 Å². The Bertz CT molecular complexity index is 2570. The molecule has 16 heteroatoms. The zero-order chi connectivity index (χ0) is 46.3. The van der Waals surface area contributed by atoms with Crippen LogP contribution >= 0.6 is 23.2 Å². The van der Waals surface area contributed by atoms with Gasteiger partial charge in [-0.25, -0.2) is 19.6 Å². The molecule has 0 spiro atoms. The fraction of sp³-hybridized carbons (Fsp3) is 0.143. The number of rotatable bonds is 18. The number of nitrogens with one attached hydrogen (secondary N) is 4. The molecule has 0 heterocycles. The molecule has 0 radical (unpaired) electrons. The Morgan fingerprint density at radius 3 is 1.37 bits per heavy atom. The van der Waals surface area contributed by atoms with Crippen LogP contribution < -0.4 is 21.5 Å². The number of hydrogen-bond acceptors (Lipinski definition) is 8. The second-order valence-electron chi connectivity index (χ2n) is 15.0. The third kappa shape index (κ3) is 14.5. The number of nitrogens with zero attached hydrogens (tertiary/aromatic N) is 4. The quantitative estimate of drug-likeness (QED) is 0.0500. The fourth-order valence-corrected chi connectivity index (χ4v) is 7.00. The van der Waals surface area contributed by atoms with Gasteiger partial charge in [-0.3, -0.25) is 19.2 Å². The smallest absolute Gasteiger partial charge is 0.273 e. The van der Waals surface area contributed by atoms with Crippen LogP contribution in [0.4, 0.5) is 20.2 Å². The number of carbonyl (C=O) groups excluding carboxylic acids is 4. The van der Waals surface area contributed by atoms with Crippen LogP contribution in [-0.4, -0.2) is 73.0 Å². The first-order chi connectivity index (χ1) is 31.3. The summed E-state index contributed by atoms with van der Waals surface area (Å²) in [7, 11) is 4.00. The maximum absolute atomic E-state index is 13.5. The monoisotopic (exact) mass is 916 g/mol. The second-order valence-corrected chi connectivity index (χ2v) is 15.9. The van der Waals surface area contributed by atoms with Crippen LogP contribution in [0.2, 0.25) is 10.0 Å². The van der Waals surface area contributed by atoms with Gasteiger partial charge in [-0.05, 0) is 141 Å². The first-order valence-corrected chi connectivity index (χ1v) is 21.0. The van der Waals surface area contributed by atoms with Crippen molar-refractivity contribution in [2.45, 2.75) is 19.5 Å². The predicted octanol–water partition coefficient (Wildman–Crippen LogP) is 9.26. The van der Waals surface area contributed by atoms with E-state index in [4.69, 9.17) is 23.2 Å². The van der Waals surface area contributed by atoms with Gasteiger partial charge in [0.05, 0.1) is 34.9 Å². The lowest BCUT2D eigenvalue weighted by Crippen LogP contribution is -2.25. The van der Waals surface area contributed by atoms with Crippen LogP contribution in [0, 0.1) is 11.6 Å². The Hall–Kier alpha value is -7.10. The molecule has 332 valence electrons. The molecular weight excluding hydrogens is 873 g/mol. The van der Waals surface area contributed by atoms with Gasteiger partial charge in [0.1, 0.15) is 11.6 Å². The molecule has 0 fully saturated rings. The Morgan fingerprint density at radius 2 is 0.954 bits per heavy atom. The molecule has 0 atom stereocenters. The van der Waals surface area contributed by atoms with Gasteiger partial charge in [0, 0.05) is 34.3 Å². The van der Waals surface area contributed by atoms with E-state index < -0.39 is 35.3 Å². The number of halogens is 4. The van der Waals surface area contributed by atoms with E-state index in [9.17, 15) is 28.0 Å². The molecule has 0 saturated carbocycles. The number of anilines is 2. The summed E-state index contributed by atoms with van der Waals surface area (Å²) < 4.78 is 27.0. The topological polar surface area (TPSA) is 148 Å². The van der Waals surface area contributed by atoms with Crippen molar-refractivity contribution in [2.75, 3.05) is 37.8 Å². The van der Waals surface area contributed by atoms with Gasteiger partial charge in [-0.1, -0.05) is 71.7 Å². The zero-order valence-corrected chi connectivity index (χ0v) is 36.8. The van der Waals surface area contributed by atoms with Gasteiger partial charge in [0.25, 0.3) is 23.6 Å². The predicted molar refractivity (Wildman–Crippen MR) is 252 cm³/mol. The van der Waals surface area contributed by atoms with Gasteiger partial charge >= 0.3 is 0 Å². The van der Waals surface area contributed by atoms with E-state index in [1.807, 2.05) is 26.2 Å². The van der Waals surface area contributed by atoms with E-state index in [0.29, 0.717) is 35.3 Å². The normalized spacial score (nSPS) is 11.3. The van der Waals surface area contributed by atoms with Crippen LogP contribution in [0.3, 0.4) is 0 Å². The summed E-state index contributed by atoms with van der Waals surface area (Å²) in [5.74, 6) is -2.94. The summed E-state index contributed by atoms with van der Waals surface area (Å²) in [4.78, 5) is 57.1. The second kappa shape index (κ2) is 23.0. The zero-order valence-electron chi connectivity index (χ0n) is 35.3. The van der Waals surface area contributed by atoms with Gasteiger partial charge in [-0.15, -0.1) is 0 Å². The number of carbonyl (C=O) groups is 4. The lowest BCUT2D eigenvalue weighted by atomic mass is 10.1. The molecule has 0 aliphatic carbocycles.